The number of nitrogens with zero attached hydrogens (tertiary/aromatic N) is 2. The van der Waals surface area contributed by atoms with Crippen molar-refractivity contribution in [2.45, 2.75) is 38.8 Å². The first-order valence-electron chi connectivity index (χ1n) is 12.2. The fraction of sp³-hybridized carbons (Fsp3) is 0.346. The van der Waals surface area contributed by atoms with E-state index < -0.39 is 28.1 Å². The average Bonchev–Trinajstić information content (AvgIpc) is 3.35. The Balaban J connectivity index is 1.72. The number of amides is 2. The monoisotopic (exact) mass is 543 g/mol. The van der Waals surface area contributed by atoms with E-state index in [1.165, 1.54) is 0 Å². The van der Waals surface area contributed by atoms with Gasteiger partial charge < -0.3 is 14.8 Å². The van der Waals surface area contributed by atoms with Crippen LogP contribution in [-0.4, -0.2) is 66.8 Å². The third-order valence-corrected chi connectivity index (χ3v) is 6.28. The van der Waals surface area contributed by atoms with Crippen LogP contribution in [0, 0.1) is 0 Å². The molecule has 0 spiro atoms. The van der Waals surface area contributed by atoms with Crippen molar-refractivity contribution in [1.29, 1.82) is 0 Å². The predicted molar refractivity (Wildman–Crippen MR) is 143 cm³/mol. The van der Waals surface area contributed by atoms with Crippen LogP contribution in [-0.2, 0) is 22.9 Å². The van der Waals surface area contributed by atoms with Crippen LogP contribution < -0.4 is 15.5 Å². The molecule has 0 radical (unpaired) electrons. The number of oxazole rings is 1. The summed E-state index contributed by atoms with van der Waals surface area (Å²) in [4.78, 5) is 29.6. The van der Waals surface area contributed by atoms with Gasteiger partial charge in [0.05, 0.1) is 18.4 Å². The molecule has 3 rings (SSSR count). The average molecular weight is 544 g/mol. The van der Waals surface area contributed by atoms with Gasteiger partial charge in [0.1, 0.15) is 6.26 Å². The number of hydrogen-bond acceptors (Lipinski definition) is 8. The Morgan fingerprint density at radius 1 is 1.05 bits per heavy atom. The number of aliphatic hydroxyl groups is 1. The highest BCUT2D eigenvalue weighted by molar-refractivity contribution is 7.91. The number of sulfonamides is 1. The zero-order valence-corrected chi connectivity index (χ0v) is 22.4. The van der Waals surface area contributed by atoms with E-state index in [1.807, 2.05) is 62.4 Å². The lowest BCUT2D eigenvalue weighted by Gasteiger charge is -2.29. The number of aryl methyl sites for hydroxylation is 1. The quantitative estimate of drug-likeness (QED) is 0.239. The summed E-state index contributed by atoms with van der Waals surface area (Å²) in [5.74, 6) is -0.953. The van der Waals surface area contributed by atoms with Crippen molar-refractivity contribution in [3.63, 3.8) is 0 Å². The molecule has 2 aromatic carbocycles. The maximum Gasteiger partial charge on any atom is 0.309 e. The second-order valence-electron chi connectivity index (χ2n) is 8.78. The third-order valence-electron chi connectivity index (χ3n) is 5.74. The minimum Gasteiger partial charge on any atom is -0.431 e. The molecular formula is C26H33N5O6S. The summed E-state index contributed by atoms with van der Waals surface area (Å²) in [6, 6.07) is 15.5. The molecule has 12 heteroatoms. The smallest absolute Gasteiger partial charge is 0.309 e. The maximum atomic E-state index is 12.9. The molecular weight excluding hydrogens is 510 g/mol. The highest BCUT2D eigenvalue weighted by Crippen LogP contribution is 2.12. The van der Waals surface area contributed by atoms with Crippen LogP contribution in [0.1, 0.15) is 45.8 Å². The summed E-state index contributed by atoms with van der Waals surface area (Å²) < 4.78 is 29.9. The van der Waals surface area contributed by atoms with Gasteiger partial charge in [0, 0.05) is 18.7 Å². The van der Waals surface area contributed by atoms with Crippen LogP contribution in [0.15, 0.2) is 65.3 Å². The van der Waals surface area contributed by atoms with Gasteiger partial charge >= 0.3 is 6.01 Å². The van der Waals surface area contributed by atoms with Crippen molar-refractivity contribution in [1.82, 2.24) is 20.7 Å². The zero-order valence-electron chi connectivity index (χ0n) is 21.5. The van der Waals surface area contributed by atoms with E-state index in [0.29, 0.717) is 18.5 Å². The first-order chi connectivity index (χ1) is 18.1. The molecule has 204 valence electrons. The third kappa shape index (κ3) is 8.68. The second kappa shape index (κ2) is 13.2. The van der Waals surface area contributed by atoms with Crippen molar-refractivity contribution in [2.75, 3.05) is 24.1 Å². The van der Waals surface area contributed by atoms with E-state index in [1.54, 1.807) is 11.1 Å². The van der Waals surface area contributed by atoms with Gasteiger partial charge in [-0.1, -0.05) is 56.3 Å². The van der Waals surface area contributed by atoms with Crippen LogP contribution in [0.5, 0.6) is 0 Å². The lowest BCUT2D eigenvalue weighted by Crippen LogP contribution is -2.53. The minimum atomic E-state index is -3.64. The molecule has 0 fully saturated rings. The van der Waals surface area contributed by atoms with Gasteiger partial charge in [0.2, 0.25) is 10.0 Å². The molecule has 11 nitrogen and oxygen atoms in total. The number of hydrazine groups is 1. The van der Waals surface area contributed by atoms with E-state index in [4.69, 9.17) is 4.42 Å². The number of aliphatic hydroxyl groups excluding tert-OH is 1. The maximum absolute atomic E-state index is 12.9. The molecule has 0 aliphatic carbocycles. The SMILES string of the molecule is CCc1cccc(C(=O)NN(CC)CC(O)C(Cc2ccccc2)NC(=O)c2coc(NS(C)(=O)=O)n2)c1. The molecule has 3 aromatic rings. The highest BCUT2D eigenvalue weighted by atomic mass is 32.2. The summed E-state index contributed by atoms with van der Waals surface area (Å²) in [6.45, 7) is 4.29. The number of likely N-dealkylation sites (N-methyl/N-ethyl adjacent to an activating group) is 1. The largest absolute Gasteiger partial charge is 0.431 e. The fourth-order valence-electron chi connectivity index (χ4n) is 3.72. The van der Waals surface area contributed by atoms with Gasteiger partial charge in [-0.2, -0.15) is 4.98 Å². The summed E-state index contributed by atoms with van der Waals surface area (Å²) in [5.41, 5.74) is 5.09. The lowest BCUT2D eigenvalue weighted by atomic mass is 10.0. The molecule has 2 amide bonds. The van der Waals surface area contributed by atoms with Crippen LogP contribution in [0.4, 0.5) is 6.01 Å². The molecule has 38 heavy (non-hydrogen) atoms. The van der Waals surface area contributed by atoms with Gasteiger partial charge in [-0.3, -0.25) is 15.0 Å². The van der Waals surface area contributed by atoms with Crippen LogP contribution in [0.3, 0.4) is 0 Å². The van der Waals surface area contributed by atoms with E-state index in [2.05, 4.69) is 20.4 Å². The normalized spacial score (nSPS) is 13.1. The first kappa shape index (κ1) is 28.8. The van der Waals surface area contributed by atoms with Crippen LogP contribution >= 0.6 is 0 Å². The Morgan fingerprint density at radius 2 is 1.76 bits per heavy atom. The number of nitrogens with one attached hydrogen (secondary N) is 3. The fourth-order valence-corrected chi connectivity index (χ4v) is 4.14. The van der Waals surface area contributed by atoms with Crippen LogP contribution in [0.2, 0.25) is 0 Å². The van der Waals surface area contributed by atoms with Gasteiger partial charge in [-0.05, 0) is 36.1 Å². The van der Waals surface area contributed by atoms with Crippen molar-refractivity contribution in [3.05, 3.63) is 83.2 Å². The molecule has 0 bridgehead atoms. The Labute approximate surface area is 222 Å². The summed E-state index contributed by atoms with van der Waals surface area (Å²) in [7, 11) is -3.64. The molecule has 0 aliphatic rings. The number of aromatic nitrogens is 1. The molecule has 4 N–H and O–H groups in total. The van der Waals surface area contributed by atoms with Crippen molar-refractivity contribution >= 4 is 27.9 Å². The first-order valence-corrected chi connectivity index (χ1v) is 14.1. The van der Waals surface area contributed by atoms with Crippen LogP contribution in [0.25, 0.3) is 0 Å². The Hall–Kier alpha value is -3.74. The van der Waals surface area contributed by atoms with E-state index in [-0.39, 0.29) is 24.2 Å². The molecule has 2 atom stereocenters. The van der Waals surface area contributed by atoms with Crippen molar-refractivity contribution in [3.8, 4) is 0 Å². The molecule has 2 unspecified atom stereocenters. The Kier molecular flexibility index (Phi) is 9.99. The number of rotatable bonds is 13. The number of carbonyl (C=O) groups excluding carboxylic acids is 2. The summed E-state index contributed by atoms with van der Waals surface area (Å²) >= 11 is 0. The number of carbonyl (C=O) groups is 2. The van der Waals surface area contributed by atoms with Crippen molar-refractivity contribution < 1.29 is 27.5 Å². The summed E-state index contributed by atoms with van der Waals surface area (Å²) in [5, 5.41) is 15.5. The topological polar surface area (TPSA) is 154 Å². The zero-order chi connectivity index (χ0) is 27.7. The molecule has 0 saturated heterocycles. The predicted octanol–water partition coefficient (Wildman–Crippen LogP) is 1.98. The molecule has 0 saturated carbocycles. The van der Waals surface area contributed by atoms with Gasteiger partial charge in [0.25, 0.3) is 11.8 Å². The number of hydrogen-bond donors (Lipinski definition) is 4. The Bertz CT molecular complexity index is 1330. The van der Waals surface area contributed by atoms with Gasteiger partial charge in [-0.25, -0.2) is 18.1 Å². The lowest BCUT2D eigenvalue weighted by molar-refractivity contribution is 0.0470. The van der Waals surface area contributed by atoms with Crippen molar-refractivity contribution in [2.24, 2.45) is 0 Å². The number of benzene rings is 2. The molecule has 1 aromatic heterocycles. The highest BCUT2D eigenvalue weighted by Gasteiger charge is 2.26. The molecule has 0 aliphatic heterocycles. The minimum absolute atomic E-state index is 0.0349. The number of anilines is 1. The second-order valence-corrected chi connectivity index (χ2v) is 10.5. The molecule has 1 heterocycles. The van der Waals surface area contributed by atoms with E-state index >= 15 is 0 Å². The Morgan fingerprint density at radius 3 is 2.42 bits per heavy atom. The standard InChI is InChI=1S/C26H33N5O6S/c1-4-18-12-9-13-20(14-18)24(33)29-31(5-2)16-23(32)21(15-19-10-7-6-8-11-19)27-25(34)22-17-37-26(28-22)30-38(3,35)36/h6-14,17,21,23,32H,4-5,15-16H2,1-3H3,(H,27,34)(H,28,30)(H,29,33). The van der Waals surface area contributed by atoms with Gasteiger partial charge in [0.15, 0.2) is 5.69 Å². The summed E-state index contributed by atoms with van der Waals surface area (Å²) in [6.07, 6.45) is 1.97. The van der Waals surface area contributed by atoms with E-state index in [0.717, 1.165) is 30.1 Å². The van der Waals surface area contributed by atoms with Gasteiger partial charge in [-0.15, -0.1) is 0 Å². The van der Waals surface area contributed by atoms with E-state index in [9.17, 15) is 23.1 Å².